The topological polar surface area (TPSA) is 42.2 Å². The zero-order chi connectivity index (χ0) is 10.8. The van der Waals surface area contributed by atoms with Gasteiger partial charge in [-0.2, -0.15) is 0 Å². The molecule has 0 amide bonds. The van der Waals surface area contributed by atoms with Crippen LogP contribution in [0.25, 0.3) is 11.3 Å². The largest absolute Gasteiger partial charge is 0.478 e. The highest BCUT2D eigenvalue weighted by Crippen LogP contribution is 2.27. The molecule has 0 bridgehead atoms. The molecule has 1 N–H and O–H groups in total. The van der Waals surface area contributed by atoms with E-state index in [4.69, 9.17) is 5.11 Å². The quantitative estimate of drug-likeness (QED) is 0.833. The van der Waals surface area contributed by atoms with Crippen molar-refractivity contribution < 1.29 is 9.90 Å². The van der Waals surface area contributed by atoms with Gasteiger partial charge in [-0.3, -0.25) is 0 Å². The average molecular weight is 203 g/mol. The smallest absolute Gasteiger partial charge is 0.336 e. The predicted octanol–water partition coefficient (Wildman–Crippen LogP) is 2.70. The number of nitrogens with zero attached hydrogens (tertiary/aromatic N) is 1. The van der Waals surface area contributed by atoms with Gasteiger partial charge in [0.15, 0.2) is 0 Å². The third-order valence-corrected chi connectivity index (χ3v) is 2.51. The second-order valence-electron chi connectivity index (χ2n) is 3.55. The molecule has 15 heavy (non-hydrogen) atoms. The number of pyridine rings is 1. The van der Waals surface area contributed by atoms with Crippen LogP contribution in [0.3, 0.4) is 0 Å². The average Bonchev–Trinajstić information content (AvgIpc) is 2.62. The fraction of sp³-hybridized carbons (Fsp3) is 0.250. The normalized spacial score (nSPS) is 10.7. The van der Waals surface area contributed by atoms with E-state index < -0.39 is 5.97 Å². The molecule has 0 aromatic rings. The third-order valence-electron chi connectivity index (χ3n) is 2.51. The van der Waals surface area contributed by atoms with Gasteiger partial charge in [0.2, 0.25) is 0 Å². The summed E-state index contributed by atoms with van der Waals surface area (Å²) in [4.78, 5) is 10.9. The first-order valence-electron chi connectivity index (χ1n) is 5.05. The summed E-state index contributed by atoms with van der Waals surface area (Å²) in [5.41, 5.74) is 2.20. The van der Waals surface area contributed by atoms with E-state index in [9.17, 15) is 4.79 Å². The molecule has 1 aliphatic carbocycles. The van der Waals surface area contributed by atoms with Crippen molar-refractivity contribution in [3.05, 3.63) is 36.0 Å². The van der Waals surface area contributed by atoms with Crippen molar-refractivity contribution >= 4 is 5.97 Å². The maximum absolute atomic E-state index is 10.9. The molecule has 78 valence electrons. The second-order valence-corrected chi connectivity index (χ2v) is 3.55. The Balaban J connectivity index is 2.52. The predicted molar refractivity (Wildman–Crippen MR) is 58.3 cm³/mol. The Morgan fingerprint density at radius 2 is 2.20 bits per heavy atom. The number of hydrogen-bond acceptors (Lipinski definition) is 1. The number of aryl methyl sites for hydroxylation is 1. The van der Waals surface area contributed by atoms with Crippen LogP contribution in [0.5, 0.6) is 0 Å². The van der Waals surface area contributed by atoms with Gasteiger partial charge in [0, 0.05) is 24.0 Å². The highest BCUT2D eigenvalue weighted by Gasteiger charge is 2.16. The van der Waals surface area contributed by atoms with Crippen LogP contribution in [0.15, 0.2) is 30.5 Å². The zero-order valence-corrected chi connectivity index (χ0v) is 8.60. The van der Waals surface area contributed by atoms with E-state index in [1.807, 2.05) is 24.4 Å². The van der Waals surface area contributed by atoms with Gasteiger partial charge in [-0.1, -0.05) is 13.0 Å². The zero-order valence-electron chi connectivity index (χ0n) is 8.60. The second kappa shape index (κ2) is 3.77. The summed E-state index contributed by atoms with van der Waals surface area (Å²) in [6.45, 7) is 3.02. The summed E-state index contributed by atoms with van der Waals surface area (Å²) in [7, 11) is 0. The number of carbonyl (C=O) groups is 1. The van der Waals surface area contributed by atoms with Crippen LogP contribution in [-0.2, 0) is 6.54 Å². The number of hydrogen-bond donors (Lipinski definition) is 1. The Bertz CT molecular complexity index is 459. The van der Waals surface area contributed by atoms with E-state index in [0.717, 1.165) is 24.2 Å². The molecule has 2 rings (SSSR count). The maximum Gasteiger partial charge on any atom is 0.336 e. The Morgan fingerprint density at radius 1 is 1.40 bits per heavy atom. The minimum atomic E-state index is -0.862. The standard InChI is InChI=1S/C12H13NO2/c1-2-7-13-8-3-4-9-10(12(14)15)5-6-11(9)13/h3-6,8H,2,7H2,1H3,(H,14,15). The maximum atomic E-state index is 10.9. The van der Waals surface area contributed by atoms with Crippen molar-refractivity contribution in [2.24, 2.45) is 0 Å². The molecule has 3 nitrogen and oxygen atoms in total. The van der Waals surface area contributed by atoms with Gasteiger partial charge in [-0.05, 0) is 24.6 Å². The van der Waals surface area contributed by atoms with Gasteiger partial charge < -0.3 is 9.67 Å². The molecule has 0 saturated heterocycles. The van der Waals surface area contributed by atoms with Crippen molar-refractivity contribution in [3.8, 4) is 11.3 Å². The molecule has 0 spiro atoms. The van der Waals surface area contributed by atoms with Crippen LogP contribution in [-0.4, -0.2) is 15.6 Å². The van der Waals surface area contributed by atoms with Crippen LogP contribution in [0.1, 0.15) is 23.7 Å². The van der Waals surface area contributed by atoms with E-state index in [2.05, 4.69) is 11.5 Å². The SMILES string of the molecule is CCCn1cccc2c(C(=O)O)ccc1-2. The van der Waals surface area contributed by atoms with Crippen LogP contribution in [0, 0.1) is 0 Å². The molecule has 0 aromatic carbocycles. The highest BCUT2D eigenvalue weighted by molar-refractivity contribution is 5.97. The fourth-order valence-corrected chi connectivity index (χ4v) is 1.85. The molecule has 1 heterocycles. The molecular weight excluding hydrogens is 190 g/mol. The Kier molecular flexibility index (Phi) is 2.46. The van der Waals surface area contributed by atoms with Gasteiger partial charge in [0.25, 0.3) is 0 Å². The van der Waals surface area contributed by atoms with Crippen LogP contribution in [0.4, 0.5) is 0 Å². The molecule has 0 unspecified atom stereocenters. The van der Waals surface area contributed by atoms with E-state index in [1.165, 1.54) is 0 Å². The van der Waals surface area contributed by atoms with Crippen molar-refractivity contribution in [2.75, 3.05) is 0 Å². The van der Waals surface area contributed by atoms with Crippen molar-refractivity contribution in [1.29, 1.82) is 0 Å². The number of carboxylic acid groups (broad SMARTS) is 1. The lowest BCUT2D eigenvalue weighted by Crippen LogP contribution is -2.03. The lowest BCUT2D eigenvalue weighted by atomic mass is 10.1. The van der Waals surface area contributed by atoms with E-state index in [0.29, 0.717) is 5.56 Å². The van der Waals surface area contributed by atoms with E-state index in [1.54, 1.807) is 6.07 Å². The molecule has 1 aliphatic heterocycles. The summed E-state index contributed by atoms with van der Waals surface area (Å²) in [5.74, 6) is -0.862. The molecule has 0 saturated carbocycles. The van der Waals surface area contributed by atoms with Gasteiger partial charge in [-0.25, -0.2) is 4.79 Å². The fourth-order valence-electron chi connectivity index (χ4n) is 1.85. The van der Waals surface area contributed by atoms with Crippen molar-refractivity contribution in [1.82, 2.24) is 4.57 Å². The molecule has 3 heteroatoms. The number of rotatable bonds is 3. The Morgan fingerprint density at radius 3 is 2.87 bits per heavy atom. The summed E-state index contributed by atoms with van der Waals surface area (Å²) in [5, 5.41) is 8.98. The monoisotopic (exact) mass is 203 g/mol. The third kappa shape index (κ3) is 1.61. The number of carboxylic acids is 1. The minimum Gasteiger partial charge on any atom is -0.478 e. The molecule has 0 radical (unpaired) electrons. The molecule has 0 atom stereocenters. The first-order chi connectivity index (χ1) is 7.24. The highest BCUT2D eigenvalue weighted by atomic mass is 16.4. The Hall–Kier alpha value is -1.77. The first-order valence-corrected chi connectivity index (χ1v) is 5.05. The Labute approximate surface area is 88.3 Å². The lowest BCUT2D eigenvalue weighted by Gasteiger charge is -2.11. The molecule has 0 fully saturated rings. The van der Waals surface area contributed by atoms with Gasteiger partial charge in [0.05, 0.1) is 5.56 Å². The minimum absolute atomic E-state index is 0.385. The summed E-state index contributed by atoms with van der Waals surface area (Å²) in [6.07, 6.45) is 3.02. The number of aromatic nitrogens is 1. The number of fused-ring (bicyclic) bond motifs is 1. The summed E-state index contributed by atoms with van der Waals surface area (Å²) >= 11 is 0. The first kappa shape index (κ1) is 9.77. The van der Waals surface area contributed by atoms with Crippen LogP contribution >= 0.6 is 0 Å². The van der Waals surface area contributed by atoms with Gasteiger partial charge in [-0.15, -0.1) is 0 Å². The van der Waals surface area contributed by atoms with Crippen molar-refractivity contribution in [2.45, 2.75) is 19.9 Å². The number of aromatic carboxylic acids is 1. The van der Waals surface area contributed by atoms with Gasteiger partial charge >= 0.3 is 5.97 Å². The van der Waals surface area contributed by atoms with E-state index >= 15 is 0 Å². The summed E-state index contributed by atoms with van der Waals surface area (Å²) in [6, 6.07) is 7.28. The molecular formula is C12H13NO2. The van der Waals surface area contributed by atoms with Crippen LogP contribution < -0.4 is 0 Å². The van der Waals surface area contributed by atoms with E-state index in [-0.39, 0.29) is 0 Å². The van der Waals surface area contributed by atoms with Gasteiger partial charge in [0.1, 0.15) is 0 Å². The van der Waals surface area contributed by atoms with Crippen LogP contribution in [0.2, 0.25) is 0 Å². The molecule has 2 aliphatic rings. The molecule has 0 aromatic heterocycles. The van der Waals surface area contributed by atoms with Crippen molar-refractivity contribution in [3.63, 3.8) is 0 Å². The summed E-state index contributed by atoms with van der Waals surface area (Å²) < 4.78 is 2.09. The lowest BCUT2D eigenvalue weighted by molar-refractivity contribution is 0.0698.